The van der Waals surface area contributed by atoms with E-state index in [-0.39, 0.29) is 28.7 Å². The molecule has 8 rings (SSSR count). The van der Waals surface area contributed by atoms with Gasteiger partial charge in [0.1, 0.15) is 34.6 Å². The predicted octanol–water partition coefficient (Wildman–Crippen LogP) is 8.88. The standard InChI is InChI=1S/C19H13ClF2N6O.C18H12ClF2N5/c1-27-9-24-14-17(27)25-16(10-4-2-5-11(20)8-10)26-18(14)28(19(23)29)15-12(21)6-3-7-13(15)22;1-26-9-22-15-17(23-14-12(20)6-3-7-13(14)21)24-16(25-18(15)26)10-4-2-5-11(19)8-10/h2-9H,1H3,(H2,23,29);2-9H,1H3,(H,23,24,25). The summed E-state index contributed by atoms with van der Waals surface area (Å²) in [4.78, 5) is 39.0. The highest BCUT2D eigenvalue weighted by molar-refractivity contribution is 6.31. The number of amides is 2. The monoisotopic (exact) mass is 785 g/mol. The van der Waals surface area contributed by atoms with Crippen LogP contribution in [-0.4, -0.2) is 45.1 Å². The number of carbonyl (C=O) groups is 1. The van der Waals surface area contributed by atoms with Crippen LogP contribution in [0.3, 0.4) is 0 Å². The lowest BCUT2D eigenvalue weighted by atomic mass is 10.2. The van der Waals surface area contributed by atoms with E-state index in [0.29, 0.717) is 48.7 Å². The van der Waals surface area contributed by atoms with E-state index in [4.69, 9.17) is 28.9 Å². The molecule has 0 radical (unpaired) electrons. The van der Waals surface area contributed by atoms with Crippen molar-refractivity contribution >= 4 is 74.6 Å². The van der Waals surface area contributed by atoms with Crippen molar-refractivity contribution in [3.8, 4) is 22.8 Å². The average molecular weight is 787 g/mol. The summed E-state index contributed by atoms with van der Waals surface area (Å²) in [7, 11) is 3.46. The lowest BCUT2D eigenvalue weighted by Gasteiger charge is -2.21. The van der Waals surface area contributed by atoms with Crippen LogP contribution >= 0.6 is 23.2 Å². The molecule has 2 amide bonds. The van der Waals surface area contributed by atoms with E-state index in [9.17, 15) is 22.4 Å². The summed E-state index contributed by atoms with van der Waals surface area (Å²) in [5.41, 5.74) is 7.18. The Balaban J connectivity index is 0.000000170. The number of primary amides is 1. The fourth-order valence-corrected chi connectivity index (χ4v) is 5.89. The van der Waals surface area contributed by atoms with Crippen molar-refractivity contribution in [2.75, 3.05) is 10.2 Å². The smallest absolute Gasteiger partial charge is 0.325 e. The molecule has 0 aliphatic heterocycles. The van der Waals surface area contributed by atoms with Crippen LogP contribution in [0.5, 0.6) is 0 Å². The number of aromatic nitrogens is 8. The third-order valence-corrected chi connectivity index (χ3v) is 8.54. The van der Waals surface area contributed by atoms with Crippen LogP contribution in [-0.2, 0) is 14.1 Å². The first-order chi connectivity index (χ1) is 26.4. The van der Waals surface area contributed by atoms with Gasteiger partial charge in [0.05, 0.1) is 12.7 Å². The van der Waals surface area contributed by atoms with Crippen molar-refractivity contribution in [2.45, 2.75) is 0 Å². The number of nitrogens with zero attached hydrogens (tertiary/aromatic N) is 9. The minimum atomic E-state index is -1.13. The molecule has 0 aliphatic rings. The van der Waals surface area contributed by atoms with Crippen LogP contribution < -0.4 is 16.0 Å². The number of hydrogen-bond donors (Lipinski definition) is 2. The Hall–Kier alpha value is -6.65. The number of carbonyl (C=O) groups excluding carboxylic acids is 1. The predicted molar refractivity (Wildman–Crippen MR) is 201 cm³/mol. The summed E-state index contributed by atoms with van der Waals surface area (Å²) < 4.78 is 60.3. The Bertz CT molecular complexity index is 2720. The van der Waals surface area contributed by atoms with Crippen molar-refractivity contribution in [2.24, 2.45) is 19.8 Å². The average Bonchev–Trinajstić information content (AvgIpc) is 3.73. The largest absolute Gasteiger partial charge is 0.351 e. The number of nitrogens with two attached hydrogens (primary N) is 1. The van der Waals surface area contributed by atoms with Gasteiger partial charge in [-0.15, -0.1) is 0 Å². The highest BCUT2D eigenvalue weighted by atomic mass is 35.5. The number of fused-ring (bicyclic) bond motifs is 2. The molecule has 0 fully saturated rings. The Labute approximate surface area is 318 Å². The summed E-state index contributed by atoms with van der Waals surface area (Å²) in [5.74, 6) is -2.80. The number of imidazole rings is 2. The molecule has 55 heavy (non-hydrogen) atoms. The van der Waals surface area contributed by atoms with Gasteiger partial charge in [-0.1, -0.05) is 59.6 Å². The third kappa shape index (κ3) is 7.32. The maximum absolute atomic E-state index is 14.5. The number of hydrogen-bond acceptors (Lipinski definition) is 8. The van der Waals surface area contributed by atoms with Crippen molar-refractivity contribution in [3.63, 3.8) is 0 Å². The first kappa shape index (κ1) is 36.7. The van der Waals surface area contributed by atoms with Crippen LogP contribution in [0.1, 0.15) is 0 Å². The number of halogens is 6. The molecule has 4 heterocycles. The van der Waals surface area contributed by atoms with E-state index in [0.717, 1.165) is 12.1 Å². The quantitative estimate of drug-likeness (QED) is 0.159. The summed E-state index contributed by atoms with van der Waals surface area (Å²) in [6, 6.07) is 19.5. The Kier molecular flexibility index (Phi) is 10.0. The number of benzene rings is 4. The molecule has 0 aliphatic carbocycles. The number of urea groups is 1. The van der Waals surface area contributed by atoms with Gasteiger partial charge in [-0.05, 0) is 48.5 Å². The molecule has 3 N–H and O–H groups in total. The van der Waals surface area contributed by atoms with Crippen molar-refractivity contribution in [3.05, 3.63) is 131 Å². The fourth-order valence-electron chi connectivity index (χ4n) is 5.51. The second kappa shape index (κ2) is 15.0. The molecule has 0 atom stereocenters. The molecule has 4 aromatic heterocycles. The van der Waals surface area contributed by atoms with Gasteiger partial charge in [0.2, 0.25) is 0 Å². The van der Waals surface area contributed by atoms with Gasteiger partial charge < -0.3 is 20.2 Å². The third-order valence-electron chi connectivity index (χ3n) is 8.07. The van der Waals surface area contributed by atoms with Gasteiger partial charge >= 0.3 is 6.03 Å². The highest BCUT2D eigenvalue weighted by Gasteiger charge is 2.28. The summed E-state index contributed by atoms with van der Waals surface area (Å²) in [6.45, 7) is 0. The Morgan fingerprint density at radius 2 is 1.15 bits per heavy atom. The lowest BCUT2D eigenvalue weighted by molar-refractivity contribution is 0.255. The molecule has 0 unspecified atom stereocenters. The van der Waals surface area contributed by atoms with E-state index in [1.807, 2.05) is 0 Å². The van der Waals surface area contributed by atoms with Crippen molar-refractivity contribution in [1.82, 2.24) is 39.0 Å². The molecule has 4 aromatic carbocycles. The first-order valence-electron chi connectivity index (χ1n) is 16.0. The number of para-hydroxylation sites is 2. The molecule has 12 nitrogen and oxygen atoms in total. The zero-order chi connectivity index (χ0) is 39.0. The van der Waals surface area contributed by atoms with E-state index < -0.39 is 35.0 Å². The first-order valence-corrected chi connectivity index (χ1v) is 16.8. The number of rotatable bonds is 6. The maximum Gasteiger partial charge on any atom is 0.325 e. The van der Waals surface area contributed by atoms with Crippen LogP contribution in [0.25, 0.3) is 45.1 Å². The molecular weight excluding hydrogens is 761 g/mol. The normalized spacial score (nSPS) is 11.1. The Morgan fingerprint density at radius 3 is 1.67 bits per heavy atom. The van der Waals surface area contributed by atoms with Crippen molar-refractivity contribution in [1.29, 1.82) is 0 Å². The molecule has 8 aromatic rings. The fraction of sp³-hybridized carbons (Fsp3) is 0.0541. The lowest BCUT2D eigenvalue weighted by Crippen LogP contribution is -2.34. The summed E-state index contributed by atoms with van der Waals surface area (Å²) in [5, 5.41) is 3.69. The molecule has 18 heteroatoms. The van der Waals surface area contributed by atoms with Gasteiger partial charge in [0.25, 0.3) is 0 Å². The number of anilines is 4. The van der Waals surface area contributed by atoms with E-state index in [1.54, 1.807) is 78.1 Å². The SMILES string of the molecule is Cn1cnc2c(N(C(N)=O)c3c(F)cccc3F)nc(-c3cccc(Cl)c3)nc21.Cn1cnc2c(Nc3c(F)cccc3F)nc(-c3cccc(Cl)c3)nc21. The molecule has 0 saturated carbocycles. The zero-order valence-corrected chi connectivity index (χ0v) is 30.0. The minimum Gasteiger partial charge on any atom is -0.351 e. The molecular formula is C37H25Cl2F4N11O. The second-order valence-electron chi connectivity index (χ2n) is 11.8. The van der Waals surface area contributed by atoms with Crippen LogP contribution in [0.15, 0.2) is 97.6 Å². The van der Waals surface area contributed by atoms with Crippen molar-refractivity contribution < 1.29 is 22.4 Å². The minimum absolute atomic E-state index is 0.151. The summed E-state index contributed by atoms with van der Waals surface area (Å²) >= 11 is 12.1. The molecule has 0 saturated heterocycles. The summed E-state index contributed by atoms with van der Waals surface area (Å²) in [6.07, 6.45) is 3.01. The van der Waals surface area contributed by atoms with Gasteiger partial charge in [0, 0.05) is 35.3 Å². The van der Waals surface area contributed by atoms with Crippen LogP contribution in [0.2, 0.25) is 10.0 Å². The van der Waals surface area contributed by atoms with Gasteiger partial charge in [-0.25, -0.2) is 57.2 Å². The van der Waals surface area contributed by atoms with E-state index in [2.05, 4.69) is 35.2 Å². The van der Waals surface area contributed by atoms with Gasteiger partial charge in [-0.2, -0.15) is 0 Å². The second-order valence-corrected chi connectivity index (χ2v) is 12.7. The topological polar surface area (TPSA) is 146 Å². The van der Waals surface area contributed by atoms with E-state index in [1.165, 1.54) is 30.6 Å². The molecule has 0 bridgehead atoms. The van der Waals surface area contributed by atoms with Gasteiger partial charge in [0.15, 0.2) is 45.6 Å². The van der Waals surface area contributed by atoms with Crippen LogP contribution in [0, 0.1) is 23.3 Å². The molecule has 276 valence electrons. The maximum atomic E-state index is 14.5. The number of nitrogens with one attached hydrogen (secondary N) is 1. The number of aryl methyl sites for hydroxylation is 2. The molecule has 0 spiro atoms. The zero-order valence-electron chi connectivity index (χ0n) is 28.5. The van der Waals surface area contributed by atoms with Gasteiger partial charge in [-0.3, -0.25) is 0 Å². The van der Waals surface area contributed by atoms with Crippen LogP contribution in [0.4, 0.5) is 45.4 Å². The highest BCUT2D eigenvalue weighted by Crippen LogP contribution is 2.35. The Morgan fingerprint density at radius 1 is 0.673 bits per heavy atom. The van der Waals surface area contributed by atoms with E-state index >= 15 is 0 Å².